The van der Waals surface area contributed by atoms with Crippen molar-refractivity contribution in [2.24, 2.45) is 0 Å². The highest BCUT2D eigenvalue weighted by Crippen LogP contribution is 2.05. The third kappa shape index (κ3) is 29.7. The Balaban J connectivity index is -0.000000353. The van der Waals surface area contributed by atoms with Gasteiger partial charge in [-0.05, 0) is 36.8 Å². The Morgan fingerprint density at radius 2 is 1.06 bits per heavy atom. The predicted molar refractivity (Wildman–Crippen MR) is 158 cm³/mol. The van der Waals surface area contributed by atoms with Gasteiger partial charge in [-0.3, -0.25) is 0 Å². The molecule has 0 N–H and O–H groups in total. The molecule has 0 bridgehead atoms. The smallest absolute Gasteiger partial charge is 0.0163 e. The highest BCUT2D eigenvalue weighted by atomic mass is 13.9. The van der Waals surface area contributed by atoms with Crippen molar-refractivity contribution in [1.82, 2.24) is 0 Å². The van der Waals surface area contributed by atoms with Crippen molar-refractivity contribution in [2.45, 2.75) is 99.3 Å². The Kier molecular flexibility index (Phi) is 34.0. The third-order valence-electron chi connectivity index (χ3n) is 4.68. The van der Waals surface area contributed by atoms with Crippen LogP contribution in [0.15, 0.2) is 92.1 Å². The lowest BCUT2D eigenvalue weighted by Gasteiger charge is -1.95. The molecule has 0 fully saturated rings. The van der Waals surface area contributed by atoms with Crippen LogP contribution in [-0.4, -0.2) is 0 Å². The fraction of sp³-hybridized carbons (Fsp3) is 0.455. The molecular formula is C33H54. The van der Waals surface area contributed by atoms with E-state index in [2.05, 4.69) is 114 Å². The van der Waals surface area contributed by atoms with E-state index in [1.54, 1.807) is 0 Å². The molecule has 0 nitrogen and oxygen atoms in total. The second-order valence-corrected chi connectivity index (χ2v) is 7.59. The third-order valence-corrected chi connectivity index (χ3v) is 4.68. The molecule has 1 aromatic carbocycles. The lowest BCUT2D eigenvalue weighted by Crippen LogP contribution is -1.78. The number of benzene rings is 1. The van der Waals surface area contributed by atoms with Gasteiger partial charge in [0.1, 0.15) is 0 Å². The van der Waals surface area contributed by atoms with Gasteiger partial charge in [-0.25, -0.2) is 0 Å². The van der Waals surface area contributed by atoms with Gasteiger partial charge >= 0.3 is 0 Å². The molecule has 0 aromatic heterocycles. The number of hydrogen-bond donors (Lipinski definition) is 0. The number of hydrogen-bond acceptors (Lipinski definition) is 0. The minimum absolute atomic E-state index is 0. The van der Waals surface area contributed by atoms with Crippen LogP contribution < -0.4 is 0 Å². The van der Waals surface area contributed by atoms with Crippen molar-refractivity contribution < 1.29 is 0 Å². The van der Waals surface area contributed by atoms with Crippen LogP contribution in [0.25, 0.3) is 6.08 Å². The second kappa shape index (κ2) is 31.8. The maximum Gasteiger partial charge on any atom is -0.0163 e. The normalized spacial score (nSPS) is 11.3. The first-order valence-electron chi connectivity index (χ1n) is 12.6. The Labute approximate surface area is 208 Å². The Morgan fingerprint density at radius 3 is 1.27 bits per heavy atom. The molecule has 0 heteroatoms. The fourth-order valence-electron chi connectivity index (χ4n) is 2.53. The second-order valence-electron chi connectivity index (χ2n) is 7.59. The molecule has 2 aliphatic carbocycles. The molecule has 0 aliphatic heterocycles. The molecular weight excluding hydrogens is 396 g/mol. The molecule has 0 spiro atoms. The molecule has 0 saturated carbocycles. The number of aryl methyl sites for hydroxylation is 1. The van der Waals surface area contributed by atoms with Crippen LogP contribution in [0.3, 0.4) is 0 Å². The van der Waals surface area contributed by atoms with Gasteiger partial charge in [0, 0.05) is 0 Å². The van der Waals surface area contributed by atoms with Gasteiger partial charge in [-0.1, -0.05) is 165 Å². The monoisotopic (exact) mass is 450 g/mol. The van der Waals surface area contributed by atoms with Gasteiger partial charge in [0.05, 0.1) is 0 Å². The Bertz CT molecular complexity index is 575. The molecule has 0 amide bonds. The average Bonchev–Trinajstić information content (AvgIpc) is 3.62. The summed E-state index contributed by atoms with van der Waals surface area (Å²) in [6.07, 6.45) is 33.4. The zero-order valence-corrected chi connectivity index (χ0v) is 21.6. The summed E-state index contributed by atoms with van der Waals surface area (Å²) >= 11 is 0. The van der Waals surface area contributed by atoms with E-state index in [0.29, 0.717) is 0 Å². The largest absolute Gasteiger partial charge is 0.103 e. The van der Waals surface area contributed by atoms with Crippen LogP contribution in [0.4, 0.5) is 0 Å². The van der Waals surface area contributed by atoms with Crippen LogP contribution in [0.1, 0.15) is 104 Å². The molecule has 0 unspecified atom stereocenters. The first-order chi connectivity index (χ1) is 15.7. The summed E-state index contributed by atoms with van der Waals surface area (Å²) in [6, 6.07) is 8.45. The van der Waals surface area contributed by atoms with E-state index >= 15 is 0 Å². The molecule has 0 radical (unpaired) electrons. The van der Waals surface area contributed by atoms with Gasteiger partial charge in [-0.15, -0.1) is 6.58 Å². The van der Waals surface area contributed by atoms with Gasteiger partial charge < -0.3 is 0 Å². The van der Waals surface area contributed by atoms with E-state index in [-0.39, 0.29) is 7.43 Å². The molecule has 2 aliphatic rings. The summed E-state index contributed by atoms with van der Waals surface area (Å²) in [5.41, 5.74) is 2.57. The summed E-state index contributed by atoms with van der Waals surface area (Å²) in [4.78, 5) is 0. The van der Waals surface area contributed by atoms with E-state index in [9.17, 15) is 0 Å². The predicted octanol–water partition coefficient (Wildman–Crippen LogP) is 11.5. The van der Waals surface area contributed by atoms with Gasteiger partial charge in [0.15, 0.2) is 0 Å². The Morgan fingerprint density at radius 1 is 0.667 bits per heavy atom. The standard InChI is InChI=1S/C10H12.C8H18.2C5H6.C4H8.CH4/c1-3-9-5-7-10(4-2)8-6-9;1-3-5-7-8-6-4-2;2*1-2-4-5-3-1;1-3-4-2;/h3,5-8H,1,4H2,2H3;3-8H2,1-2H3;2*1-4H,5H2;3H,1,4H2,2H3;1H4. The average molecular weight is 451 g/mol. The van der Waals surface area contributed by atoms with Gasteiger partial charge in [0.25, 0.3) is 0 Å². The molecule has 0 saturated heterocycles. The Hall–Kier alpha value is -2.34. The van der Waals surface area contributed by atoms with E-state index in [4.69, 9.17) is 0 Å². The van der Waals surface area contributed by atoms with Crippen molar-refractivity contribution in [1.29, 1.82) is 0 Å². The van der Waals surface area contributed by atoms with Crippen LogP contribution in [0, 0.1) is 0 Å². The maximum absolute atomic E-state index is 3.69. The maximum atomic E-state index is 3.69. The summed E-state index contributed by atoms with van der Waals surface area (Å²) in [5, 5.41) is 0. The molecule has 1 aromatic rings. The van der Waals surface area contributed by atoms with Crippen molar-refractivity contribution in [3.63, 3.8) is 0 Å². The lowest BCUT2D eigenvalue weighted by atomic mass is 10.1. The van der Waals surface area contributed by atoms with Crippen LogP contribution in [0.2, 0.25) is 0 Å². The van der Waals surface area contributed by atoms with Gasteiger partial charge in [0.2, 0.25) is 0 Å². The topological polar surface area (TPSA) is 0 Å². The zero-order chi connectivity index (χ0) is 24.1. The zero-order valence-electron chi connectivity index (χ0n) is 21.6. The first-order valence-corrected chi connectivity index (χ1v) is 12.6. The first kappa shape index (κ1) is 35.3. The summed E-state index contributed by atoms with van der Waals surface area (Å²) in [6.45, 7) is 15.9. The highest BCUT2D eigenvalue weighted by Gasteiger charge is 1.86. The number of unbranched alkanes of at least 4 members (excludes halogenated alkanes) is 5. The molecule has 33 heavy (non-hydrogen) atoms. The van der Waals surface area contributed by atoms with Crippen molar-refractivity contribution in [3.8, 4) is 0 Å². The van der Waals surface area contributed by atoms with Gasteiger partial charge in [-0.2, -0.15) is 0 Å². The van der Waals surface area contributed by atoms with Crippen LogP contribution in [0.5, 0.6) is 0 Å². The summed E-state index contributed by atoms with van der Waals surface area (Å²) in [7, 11) is 0. The molecule has 0 heterocycles. The minimum Gasteiger partial charge on any atom is -0.103 e. The quantitative estimate of drug-likeness (QED) is 0.273. The molecule has 186 valence electrons. The van der Waals surface area contributed by atoms with E-state index < -0.39 is 0 Å². The van der Waals surface area contributed by atoms with Crippen LogP contribution in [-0.2, 0) is 6.42 Å². The van der Waals surface area contributed by atoms with Crippen molar-refractivity contribution in [2.75, 3.05) is 0 Å². The van der Waals surface area contributed by atoms with E-state index in [1.165, 1.54) is 49.7 Å². The summed E-state index contributed by atoms with van der Waals surface area (Å²) in [5.74, 6) is 0. The molecule has 0 atom stereocenters. The number of allylic oxidation sites excluding steroid dienone is 9. The summed E-state index contributed by atoms with van der Waals surface area (Å²) < 4.78 is 0. The van der Waals surface area contributed by atoms with E-state index in [1.807, 2.05) is 12.2 Å². The van der Waals surface area contributed by atoms with Crippen LogP contribution >= 0.6 is 0 Å². The number of rotatable bonds is 8. The fourth-order valence-corrected chi connectivity index (χ4v) is 2.53. The van der Waals surface area contributed by atoms with Crippen molar-refractivity contribution >= 4 is 6.08 Å². The van der Waals surface area contributed by atoms with E-state index in [0.717, 1.165) is 25.7 Å². The SMILES string of the molecule is C.C1=CCC=C1.C1=CCC=C1.C=CCC.C=Cc1ccc(CC)cc1.CCCCCCCC. The van der Waals surface area contributed by atoms with Crippen molar-refractivity contribution in [3.05, 3.63) is 103 Å². The minimum atomic E-state index is 0. The lowest BCUT2D eigenvalue weighted by molar-refractivity contribution is 0.624. The molecule has 3 rings (SSSR count). The highest BCUT2D eigenvalue weighted by molar-refractivity contribution is 5.47.